The van der Waals surface area contributed by atoms with Crippen molar-refractivity contribution >= 4 is 23.7 Å². The van der Waals surface area contributed by atoms with E-state index >= 15 is 0 Å². The molecule has 1 unspecified atom stereocenters. The molecule has 1 aliphatic heterocycles. The monoisotopic (exact) mass is 283 g/mol. The van der Waals surface area contributed by atoms with E-state index in [0.29, 0.717) is 11.1 Å². The average molecular weight is 283 g/mol. The molecule has 6 nitrogen and oxygen atoms in total. The maximum Gasteiger partial charge on any atom is 0.231 e. The highest BCUT2D eigenvalue weighted by atomic mass is 32.2. The fourth-order valence-corrected chi connectivity index (χ4v) is 2.67. The molecule has 19 heavy (non-hydrogen) atoms. The Bertz CT molecular complexity index is 411. The van der Waals surface area contributed by atoms with E-state index in [2.05, 4.69) is 25.2 Å². The van der Waals surface area contributed by atoms with Crippen molar-refractivity contribution in [1.29, 1.82) is 0 Å². The molecule has 1 aromatic heterocycles. The van der Waals surface area contributed by atoms with Gasteiger partial charge in [0, 0.05) is 25.4 Å². The van der Waals surface area contributed by atoms with Crippen molar-refractivity contribution in [1.82, 2.24) is 15.0 Å². The predicted octanol–water partition coefficient (Wildman–Crippen LogP) is 1.38. The molecular formula is C12H21N5OS. The van der Waals surface area contributed by atoms with Crippen LogP contribution in [0.2, 0.25) is 0 Å². The zero-order valence-corrected chi connectivity index (χ0v) is 12.3. The molecule has 7 heteroatoms. The number of anilines is 2. The normalized spacial score (nSPS) is 17.3. The quantitative estimate of drug-likeness (QED) is 0.791. The second kappa shape index (κ2) is 6.91. The Morgan fingerprint density at radius 2 is 2.00 bits per heavy atom. The highest BCUT2D eigenvalue weighted by Gasteiger charge is 2.17. The summed E-state index contributed by atoms with van der Waals surface area (Å²) in [6, 6.07) is 0. The average Bonchev–Trinajstić information content (AvgIpc) is 2.47. The van der Waals surface area contributed by atoms with Crippen LogP contribution in [0.4, 0.5) is 11.9 Å². The molecule has 0 aromatic carbocycles. The Balaban J connectivity index is 2.19. The van der Waals surface area contributed by atoms with Gasteiger partial charge in [0.05, 0.1) is 6.61 Å². The summed E-state index contributed by atoms with van der Waals surface area (Å²) in [6.07, 6.45) is 3.66. The van der Waals surface area contributed by atoms with Gasteiger partial charge in [-0.2, -0.15) is 15.0 Å². The number of piperidine rings is 1. The molecule has 0 amide bonds. The zero-order chi connectivity index (χ0) is 13.7. The first-order valence-electron chi connectivity index (χ1n) is 6.69. The molecule has 0 radical (unpaired) electrons. The van der Waals surface area contributed by atoms with Crippen molar-refractivity contribution in [3.63, 3.8) is 0 Å². The molecule has 2 heterocycles. The second-order valence-corrected chi connectivity index (χ2v) is 6.06. The number of thioether (sulfide) groups is 1. The first-order chi connectivity index (χ1) is 9.22. The first-order valence-corrected chi connectivity index (χ1v) is 7.57. The van der Waals surface area contributed by atoms with Gasteiger partial charge < -0.3 is 15.3 Å². The first kappa shape index (κ1) is 14.3. The number of aliphatic hydroxyl groups is 1. The van der Waals surface area contributed by atoms with E-state index in [1.807, 2.05) is 6.92 Å². The van der Waals surface area contributed by atoms with Crippen molar-refractivity contribution in [2.75, 3.05) is 37.0 Å². The lowest BCUT2D eigenvalue weighted by Crippen LogP contribution is -2.31. The Labute approximate surface area is 118 Å². The van der Waals surface area contributed by atoms with E-state index in [-0.39, 0.29) is 11.9 Å². The maximum absolute atomic E-state index is 9.12. The lowest BCUT2D eigenvalue weighted by molar-refractivity contribution is 0.300. The number of aromatic nitrogens is 3. The summed E-state index contributed by atoms with van der Waals surface area (Å²) >= 11 is 1.47. The molecule has 106 valence electrons. The molecule has 0 saturated carbocycles. The minimum absolute atomic E-state index is 0.0845. The van der Waals surface area contributed by atoms with Crippen LogP contribution in [0.15, 0.2) is 5.16 Å². The van der Waals surface area contributed by atoms with Crippen LogP contribution >= 0.6 is 11.8 Å². The number of aliphatic hydroxyl groups excluding tert-OH is 1. The van der Waals surface area contributed by atoms with Crippen LogP contribution < -0.4 is 10.2 Å². The van der Waals surface area contributed by atoms with Crippen molar-refractivity contribution in [3.05, 3.63) is 0 Å². The summed E-state index contributed by atoms with van der Waals surface area (Å²) in [4.78, 5) is 15.5. The fraction of sp³-hybridized carbons (Fsp3) is 0.750. The summed E-state index contributed by atoms with van der Waals surface area (Å²) < 4.78 is 0. The molecular weight excluding hydrogens is 262 g/mol. The molecule has 1 fully saturated rings. The predicted molar refractivity (Wildman–Crippen MR) is 77.8 cm³/mol. The lowest BCUT2D eigenvalue weighted by Gasteiger charge is -2.26. The molecule has 0 aliphatic carbocycles. The topological polar surface area (TPSA) is 74.2 Å². The van der Waals surface area contributed by atoms with Gasteiger partial charge in [0.1, 0.15) is 0 Å². The molecule has 1 aliphatic rings. The van der Waals surface area contributed by atoms with Gasteiger partial charge in [0.15, 0.2) is 5.16 Å². The van der Waals surface area contributed by atoms with E-state index in [1.165, 1.54) is 31.0 Å². The molecule has 0 bridgehead atoms. The van der Waals surface area contributed by atoms with E-state index in [1.54, 1.807) is 7.05 Å². The lowest BCUT2D eigenvalue weighted by atomic mass is 10.1. The SMILES string of the molecule is CNc1nc(SC(C)CO)nc(N2CCCCC2)n1. The van der Waals surface area contributed by atoms with Crippen LogP contribution in [-0.2, 0) is 0 Å². The summed E-state index contributed by atoms with van der Waals surface area (Å²) in [7, 11) is 1.80. The standard InChI is InChI=1S/C12H21N5OS/c1-9(8-18)19-12-15-10(13-2)14-11(16-12)17-6-4-3-5-7-17/h9,18H,3-8H2,1-2H3,(H,13,14,15,16). The minimum atomic E-state index is 0.0845. The van der Waals surface area contributed by atoms with Crippen LogP contribution in [0.1, 0.15) is 26.2 Å². The Morgan fingerprint density at radius 3 is 2.63 bits per heavy atom. The van der Waals surface area contributed by atoms with Gasteiger partial charge in [0.2, 0.25) is 11.9 Å². The Morgan fingerprint density at radius 1 is 1.26 bits per heavy atom. The van der Waals surface area contributed by atoms with Gasteiger partial charge in [-0.15, -0.1) is 0 Å². The van der Waals surface area contributed by atoms with Gasteiger partial charge in [0.25, 0.3) is 0 Å². The third-order valence-electron chi connectivity index (χ3n) is 3.03. The molecule has 0 spiro atoms. The van der Waals surface area contributed by atoms with E-state index < -0.39 is 0 Å². The fourth-order valence-electron chi connectivity index (χ4n) is 1.96. The van der Waals surface area contributed by atoms with Crippen LogP contribution in [0.3, 0.4) is 0 Å². The van der Waals surface area contributed by atoms with Gasteiger partial charge in [-0.1, -0.05) is 18.7 Å². The van der Waals surface area contributed by atoms with Gasteiger partial charge in [-0.05, 0) is 19.3 Å². The number of hydrogen-bond acceptors (Lipinski definition) is 7. The molecule has 1 saturated heterocycles. The Hall–Kier alpha value is -1.08. The van der Waals surface area contributed by atoms with Gasteiger partial charge in [-0.3, -0.25) is 0 Å². The highest BCUT2D eigenvalue weighted by Crippen LogP contribution is 2.23. The number of nitrogens with zero attached hydrogens (tertiary/aromatic N) is 4. The molecule has 2 N–H and O–H groups in total. The van der Waals surface area contributed by atoms with Crippen LogP contribution in [-0.4, -0.2) is 52.1 Å². The third kappa shape index (κ3) is 3.94. The second-order valence-electron chi connectivity index (χ2n) is 4.65. The number of hydrogen-bond donors (Lipinski definition) is 2. The summed E-state index contributed by atoms with van der Waals surface area (Å²) in [5.41, 5.74) is 0. The molecule has 1 atom stereocenters. The van der Waals surface area contributed by atoms with Crippen LogP contribution in [0.25, 0.3) is 0 Å². The molecule has 2 rings (SSSR count). The molecule has 1 aromatic rings. The van der Waals surface area contributed by atoms with Crippen molar-refractivity contribution in [2.24, 2.45) is 0 Å². The largest absolute Gasteiger partial charge is 0.395 e. The van der Waals surface area contributed by atoms with Crippen LogP contribution in [0.5, 0.6) is 0 Å². The maximum atomic E-state index is 9.12. The van der Waals surface area contributed by atoms with Gasteiger partial charge in [-0.25, -0.2) is 0 Å². The number of nitrogens with one attached hydrogen (secondary N) is 1. The smallest absolute Gasteiger partial charge is 0.231 e. The highest BCUT2D eigenvalue weighted by molar-refractivity contribution is 7.99. The van der Waals surface area contributed by atoms with Crippen molar-refractivity contribution in [2.45, 2.75) is 36.6 Å². The number of rotatable bonds is 5. The summed E-state index contributed by atoms with van der Waals surface area (Å²) in [6.45, 7) is 4.08. The van der Waals surface area contributed by atoms with Crippen LogP contribution in [0, 0.1) is 0 Å². The Kier molecular flexibility index (Phi) is 5.21. The summed E-state index contributed by atoms with van der Waals surface area (Å²) in [5.74, 6) is 1.33. The zero-order valence-electron chi connectivity index (χ0n) is 11.5. The van der Waals surface area contributed by atoms with E-state index in [9.17, 15) is 0 Å². The third-order valence-corrected chi connectivity index (χ3v) is 3.97. The minimum Gasteiger partial charge on any atom is -0.395 e. The van der Waals surface area contributed by atoms with Crippen molar-refractivity contribution < 1.29 is 5.11 Å². The van der Waals surface area contributed by atoms with E-state index in [4.69, 9.17) is 5.11 Å². The van der Waals surface area contributed by atoms with E-state index in [0.717, 1.165) is 19.0 Å². The van der Waals surface area contributed by atoms with Crippen molar-refractivity contribution in [3.8, 4) is 0 Å². The van der Waals surface area contributed by atoms with Gasteiger partial charge >= 0.3 is 0 Å². The summed E-state index contributed by atoms with van der Waals surface area (Å²) in [5, 5.41) is 12.8.